The van der Waals surface area contributed by atoms with Gasteiger partial charge >= 0.3 is 0 Å². The van der Waals surface area contributed by atoms with Crippen LogP contribution in [0.2, 0.25) is 0 Å². The van der Waals surface area contributed by atoms with Gasteiger partial charge in [0.1, 0.15) is 0 Å². The molecule has 2 nitrogen and oxygen atoms in total. The molecule has 0 amide bonds. The monoisotopic (exact) mass is 307 g/mol. The summed E-state index contributed by atoms with van der Waals surface area (Å²) >= 11 is 1.95. The molecule has 0 heterocycles. The van der Waals surface area contributed by atoms with Crippen LogP contribution in [0.4, 0.5) is 0 Å². The van der Waals surface area contributed by atoms with Gasteiger partial charge in [-0.3, -0.25) is 0 Å². The lowest BCUT2D eigenvalue weighted by atomic mass is 9.86. The molecular weight excluding hydrogens is 278 g/mol. The molecule has 1 aromatic rings. The highest BCUT2D eigenvalue weighted by Crippen LogP contribution is 2.39. The Bertz CT molecular complexity index is 463. The maximum atomic E-state index is 9.83. The van der Waals surface area contributed by atoms with Gasteiger partial charge in [-0.15, -0.1) is 11.8 Å². The maximum Gasteiger partial charge on any atom is 0.0616 e. The normalized spacial score (nSPS) is 25.4. The Balaban J connectivity index is 1.88. The third-order valence-corrected chi connectivity index (χ3v) is 6.01. The van der Waals surface area contributed by atoms with Crippen molar-refractivity contribution in [1.29, 1.82) is 0 Å². The zero-order valence-electron chi connectivity index (χ0n) is 13.6. The van der Waals surface area contributed by atoms with Crippen molar-refractivity contribution < 1.29 is 5.11 Å². The van der Waals surface area contributed by atoms with Crippen LogP contribution in [0.5, 0.6) is 0 Å². The topological polar surface area (TPSA) is 32.3 Å². The SMILES string of the molecule is CCNC1(CO)CCCC1CCSc1ccc(C)c(C)c1. The van der Waals surface area contributed by atoms with Crippen LogP contribution in [0, 0.1) is 19.8 Å². The van der Waals surface area contributed by atoms with E-state index >= 15 is 0 Å². The fraction of sp³-hybridized carbons (Fsp3) is 0.667. The average Bonchev–Trinajstić information content (AvgIpc) is 2.87. The lowest BCUT2D eigenvalue weighted by Crippen LogP contribution is -2.51. The van der Waals surface area contributed by atoms with Crippen LogP contribution in [-0.2, 0) is 0 Å². The van der Waals surface area contributed by atoms with Gasteiger partial charge in [0, 0.05) is 10.4 Å². The number of nitrogens with one attached hydrogen (secondary N) is 1. The van der Waals surface area contributed by atoms with Crippen molar-refractivity contribution in [3.8, 4) is 0 Å². The van der Waals surface area contributed by atoms with E-state index in [2.05, 4.69) is 44.3 Å². The number of hydrogen-bond acceptors (Lipinski definition) is 3. The van der Waals surface area contributed by atoms with Crippen LogP contribution >= 0.6 is 11.8 Å². The summed E-state index contributed by atoms with van der Waals surface area (Å²) in [6, 6.07) is 6.73. The summed E-state index contributed by atoms with van der Waals surface area (Å²) in [6.07, 6.45) is 4.80. The maximum absolute atomic E-state index is 9.83. The van der Waals surface area contributed by atoms with Crippen LogP contribution in [0.25, 0.3) is 0 Å². The molecule has 0 saturated heterocycles. The second kappa shape index (κ2) is 7.66. The van der Waals surface area contributed by atoms with Gasteiger partial charge in [0.15, 0.2) is 0 Å². The van der Waals surface area contributed by atoms with Crippen molar-refractivity contribution in [2.24, 2.45) is 5.92 Å². The van der Waals surface area contributed by atoms with E-state index < -0.39 is 0 Å². The summed E-state index contributed by atoms with van der Waals surface area (Å²) in [5, 5.41) is 13.4. The van der Waals surface area contributed by atoms with Gasteiger partial charge in [-0.1, -0.05) is 19.4 Å². The highest BCUT2D eigenvalue weighted by atomic mass is 32.2. The minimum Gasteiger partial charge on any atom is -0.394 e. The van der Waals surface area contributed by atoms with Crippen molar-refractivity contribution in [1.82, 2.24) is 5.32 Å². The molecule has 0 radical (unpaired) electrons. The summed E-state index contributed by atoms with van der Waals surface area (Å²) in [5.41, 5.74) is 2.72. The first-order valence-electron chi connectivity index (χ1n) is 8.17. The highest BCUT2D eigenvalue weighted by molar-refractivity contribution is 7.99. The van der Waals surface area contributed by atoms with Gasteiger partial charge < -0.3 is 10.4 Å². The number of rotatable bonds is 7. The van der Waals surface area contributed by atoms with Crippen LogP contribution in [0.1, 0.15) is 43.7 Å². The molecule has 1 aromatic carbocycles. The number of hydrogen-bond donors (Lipinski definition) is 2. The lowest BCUT2D eigenvalue weighted by molar-refractivity contribution is 0.124. The standard InChI is InChI=1S/C18H29NOS/c1-4-19-18(13-20)10-5-6-16(18)9-11-21-17-8-7-14(2)15(3)12-17/h7-8,12,16,19-20H,4-6,9-11,13H2,1-3H3. The number of aliphatic hydroxyl groups excluding tert-OH is 1. The fourth-order valence-corrected chi connectivity index (χ4v) is 4.60. The van der Waals surface area contributed by atoms with E-state index in [1.165, 1.54) is 35.3 Å². The zero-order valence-corrected chi connectivity index (χ0v) is 14.4. The molecule has 2 rings (SSSR count). The highest BCUT2D eigenvalue weighted by Gasteiger charge is 2.41. The molecule has 0 aliphatic heterocycles. The molecule has 1 fully saturated rings. The molecule has 118 valence electrons. The van der Waals surface area contributed by atoms with E-state index in [9.17, 15) is 5.11 Å². The first kappa shape index (κ1) is 16.9. The fourth-order valence-electron chi connectivity index (χ4n) is 3.54. The van der Waals surface area contributed by atoms with Crippen LogP contribution in [0.15, 0.2) is 23.1 Å². The number of thioether (sulfide) groups is 1. The second-order valence-electron chi connectivity index (χ2n) is 6.32. The number of likely N-dealkylation sites (N-methyl/N-ethyl adjacent to an activating group) is 1. The van der Waals surface area contributed by atoms with Crippen molar-refractivity contribution in [3.63, 3.8) is 0 Å². The summed E-state index contributed by atoms with van der Waals surface area (Å²) in [4.78, 5) is 1.37. The van der Waals surface area contributed by atoms with Crippen molar-refractivity contribution in [3.05, 3.63) is 29.3 Å². The zero-order chi connectivity index (χ0) is 15.3. The van der Waals surface area contributed by atoms with E-state index in [0.717, 1.165) is 18.7 Å². The molecule has 3 heteroatoms. The molecular formula is C18H29NOS. The Hall–Kier alpha value is -0.510. The number of aryl methyl sites for hydroxylation is 2. The third-order valence-electron chi connectivity index (χ3n) is 4.98. The van der Waals surface area contributed by atoms with Crippen molar-refractivity contribution in [2.75, 3.05) is 18.9 Å². The van der Waals surface area contributed by atoms with E-state index in [1.807, 2.05) is 11.8 Å². The summed E-state index contributed by atoms with van der Waals surface area (Å²) in [5.74, 6) is 1.75. The first-order chi connectivity index (χ1) is 10.1. The van der Waals surface area contributed by atoms with Crippen molar-refractivity contribution in [2.45, 2.75) is 56.9 Å². The molecule has 1 aliphatic rings. The lowest BCUT2D eigenvalue weighted by Gasteiger charge is -2.35. The van der Waals surface area contributed by atoms with E-state index in [-0.39, 0.29) is 12.1 Å². The Labute approximate surface area is 133 Å². The molecule has 2 unspecified atom stereocenters. The largest absolute Gasteiger partial charge is 0.394 e. The van der Waals surface area contributed by atoms with E-state index in [0.29, 0.717) is 5.92 Å². The summed E-state index contributed by atoms with van der Waals surface area (Å²) in [7, 11) is 0. The third kappa shape index (κ3) is 4.02. The van der Waals surface area contributed by atoms with Gasteiger partial charge in [-0.2, -0.15) is 0 Å². The van der Waals surface area contributed by atoms with E-state index in [4.69, 9.17) is 0 Å². The summed E-state index contributed by atoms with van der Waals surface area (Å²) in [6.45, 7) is 7.70. The molecule has 1 saturated carbocycles. The molecule has 21 heavy (non-hydrogen) atoms. The molecule has 2 atom stereocenters. The van der Waals surface area contributed by atoms with Gasteiger partial charge in [-0.05, 0) is 74.6 Å². The molecule has 0 spiro atoms. The predicted molar refractivity (Wildman–Crippen MR) is 92.1 cm³/mol. The minimum atomic E-state index is -0.0154. The smallest absolute Gasteiger partial charge is 0.0616 e. The number of benzene rings is 1. The average molecular weight is 308 g/mol. The van der Waals surface area contributed by atoms with E-state index in [1.54, 1.807) is 0 Å². The van der Waals surface area contributed by atoms with Crippen molar-refractivity contribution >= 4 is 11.8 Å². The Morgan fingerprint density at radius 3 is 2.81 bits per heavy atom. The Morgan fingerprint density at radius 2 is 2.14 bits per heavy atom. The van der Waals surface area contributed by atoms with Gasteiger partial charge in [0.2, 0.25) is 0 Å². The second-order valence-corrected chi connectivity index (χ2v) is 7.49. The molecule has 1 aliphatic carbocycles. The van der Waals surface area contributed by atoms with Crippen LogP contribution < -0.4 is 5.32 Å². The first-order valence-corrected chi connectivity index (χ1v) is 9.16. The van der Waals surface area contributed by atoms with Gasteiger partial charge in [0.25, 0.3) is 0 Å². The van der Waals surface area contributed by atoms with Gasteiger partial charge in [-0.25, -0.2) is 0 Å². The predicted octanol–water partition coefficient (Wildman–Crippen LogP) is 3.93. The minimum absolute atomic E-state index is 0.0154. The Kier molecular flexibility index (Phi) is 6.15. The Morgan fingerprint density at radius 1 is 1.33 bits per heavy atom. The molecule has 2 N–H and O–H groups in total. The molecule has 0 bridgehead atoms. The number of aliphatic hydroxyl groups is 1. The van der Waals surface area contributed by atoms with Crippen LogP contribution in [-0.4, -0.2) is 29.5 Å². The summed E-state index contributed by atoms with van der Waals surface area (Å²) < 4.78 is 0. The van der Waals surface area contributed by atoms with Crippen LogP contribution in [0.3, 0.4) is 0 Å². The quantitative estimate of drug-likeness (QED) is 0.749. The van der Waals surface area contributed by atoms with Gasteiger partial charge in [0.05, 0.1) is 6.61 Å². The molecule has 0 aromatic heterocycles.